The van der Waals surface area contributed by atoms with Crippen molar-refractivity contribution in [3.8, 4) is 0 Å². The van der Waals surface area contributed by atoms with Crippen molar-refractivity contribution >= 4 is 17.3 Å². The van der Waals surface area contributed by atoms with Gasteiger partial charge in [-0.05, 0) is 30.3 Å². The SMILES string of the molecule is CC1C=C(NNc2nccn2C)C=CC1Nc1ccc(N)cc1. The number of hydrogen-bond acceptors (Lipinski definition) is 5. The second-order valence-electron chi connectivity index (χ2n) is 5.74. The van der Waals surface area contributed by atoms with Crippen molar-refractivity contribution in [2.75, 3.05) is 16.5 Å². The predicted molar refractivity (Wildman–Crippen MR) is 94.6 cm³/mol. The molecule has 1 aliphatic carbocycles. The minimum absolute atomic E-state index is 0.248. The van der Waals surface area contributed by atoms with E-state index in [0.29, 0.717) is 5.92 Å². The van der Waals surface area contributed by atoms with Crippen LogP contribution in [0.2, 0.25) is 0 Å². The van der Waals surface area contributed by atoms with E-state index >= 15 is 0 Å². The molecular formula is C17H22N6. The molecule has 5 N–H and O–H groups in total. The molecule has 2 aromatic rings. The molecule has 0 bridgehead atoms. The van der Waals surface area contributed by atoms with Crippen LogP contribution in [-0.4, -0.2) is 15.6 Å². The molecule has 120 valence electrons. The van der Waals surface area contributed by atoms with Crippen LogP contribution in [0.3, 0.4) is 0 Å². The molecule has 23 heavy (non-hydrogen) atoms. The third-order valence-corrected chi connectivity index (χ3v) is 3.88. The van der Waals surface area contributed by atoms with Gasteiger partial charge >= 0.3 is 0 Å². The largest absolute Gasteiger partial charge is 0.399 e. The minimum Gasteiger partial charge on any atom is -0.399 e. The second-order valence-corrected chi connectivity index (χ2v) is 5.74. The Morgan fingerprint density at radius 1 is 1.17 bits per heavy atom. The van der Waals surface area contributed by atoms with Gasteiger partial charge in [0.2, 0.25) is 5.95 Å². The summed E-state index contributed by atoms with van der Waals surface area (Å²) in [4.78, 5) is 4.21. The third kappa shape index (κ3) is 3.66. The highest BCUT2D eigenvalue weighted by Gasteiger charge is 2.16. The molecule has 0 amide bonds. The normalized spacial score (nSPS) is 20.0. The van der Waals surface area contributed by atoms with Crippen LogP contribution in [0.15, 0.2) is 60.6 Å². The summed E-state index contributed by atoms with van der Waals surface area (Å²) in [6.07, 6.45) is 10.0. The van der Waals surface area contributed by atoms with Gasteiger partial charge in [0.1, 0.15) is 0 Å². The van der Waals surface area contributed by atoms with Crippen LogP contribution in [0.4, 0.5) is 17.3 Å². The van der Waals surface area contributed by atoms with E-state index < -0.39 is 0 Å². The fourth-order valence-corrected chi connectivity index (χ4v) is 2.47. The van der Waals surface area contributed by atoms with Crippen LogP contribution in [0.1, 0.15) is 6.92 Å². The van der Waals surface area contributed by atoms with E-state index in [1.54, 1.807) is 6.20 Å². The number of nitrogens with zero attached hydrogens (tertiary/aromatic N) is 2. The van der Waals surface area contributed by atoms with Gasteiger partial charge in [-0.15, -0.1) is 0 Å². The molecule has 1 heterocycles. The van der Waals surface area contributed by atoms with E-state index in [9.17, 15) is 0 Å². The summed E-state index contributed by atoms with van der Waals surface area (Å²) < 4.78 is 1.91. The molecule has 6 heteroatoms. The van der Waals surface area contributed by atoms with E-state index in [-0.39, 0.29) is 6.04 Å². The van der Waals surface area contributed by atoms with Gasteiger partial charge in [-0.3, -0.25) is 10.9 Å². The Kier molecular flexibility index (Phi) is 4.23. The average Bonchev–Trinajstić information content (AvgIpc) is 2.95. The standard InChI is InChI=1S/C17H22N6/c1-12-11-15(21-22-17-19-9-10-23(17)2)7-8-16(12)20-14-5-3-13(18)4-6-14/h3-12,16,20-21H,18H2,1-2H3,(H,19,22). The first-order chi connectivity index (χ1) is 11.1. The molecule has 1 aromatic carbocycles. The number of benzene rings is 1. The lowest BCUT2D eigenvalue weighted by Gasteiger charge is -2.25. The van der Waals surface area contributed by atoms with Crippen molar-refractivity contribution in [1.82, 2.24) is 15.0 Å². The Balaban J connectivity index is 1.58. The number of hydrogen-bond donors (Lipinski definition) is 4. The first-order valence-corrected chi connectivity index (χ1v) is 7.63. The molecule has 1 aliphatic rings. The molecule has 0 saturated carbocycles. The number of aromatic nitrogens is 2. The lowest BCUT2D eigenvalue weighted by Crippen LogP contribution is -2.30. The first-order valence-electron chi connectivity index (χ1n) is 7.63. The monoisotopic (exact) mass is 310 g/mol. The van der Waals surface area contributed by atoms with Gasteiger partial charge in [-0.1, -0.05) is 19.1 Å². The zero-order valence-electron chi connectivity index (χ0n) is 13.3. The van der Waals surface area contributed by atoms with E-state index in [1.165, 1.54) is 0 Å². The summed E-state index contributed by atoms with van der Waals surface area (Å²) in [5.74, 6) is 1.12. The van der Waals surface area contributed by atoms with Gasteiger partial charge < -0.3 is 15.6 Å². The number of hydrazine groups is 1. The van der Waals surface area contributed by atoms with Gasteiger partial charge in [-0.2, -0.15) is 0 Å². The maximum atomic E-state index is 5.72. The van der Waals surface area contributed by atoms with Crippen molar-refractivity contribution in [2.45, 2.75) is 13.0 Å². The molecule has 3 rings (SSSR count). The fraction of sp³-hybridized carbons (Fsp3) is 0.235. The van der Waals surface area contributed by atoms with E-state index in [2.05, 4.69) is 46.3 Å². The Bertz CT molecular complexity index is 713. The highest BCUT2D eigenvalue weighted by atomic mass is 15.4. The number of nitrogen functional groups attached to an aromatic ring is 1. The molecule has 2 unspecified atom stereocenters. The van der Waals surface area contributed by atoms with Crippen molar-refractivity contribution in [1.29, 1.82) is 0 Å². The zero-order valence-corrected chi connectivity index (χ0v) is 13.3. The molecule has 0 radical (unpaired) electrons. The van der Waals surface area contributed by atoms with Crippen LogP contribution in [-0.2, 0) is 7.05 Å². The van der Waals surface area contributed by atoms with Crippen LogP contribution in [0.5, 0.6) is 0 Å². The molecule has 6 nitrogen and oxygen atoms in total. The van der Waals surface area contributed by atoms with E-state index in [4.69, 9.17) is 5.73 Å². The lowest BCUT2D eigenvalue weighted by atomic mass is 9.95. The van der Waals surface area contributed by atoms with Crippen LogP contribution < -0.4 is 21.9 Å². The summed E-state index contributed by atoms with van der Waals surface area (Å²) in [7, 11) is 1.94. The van der Waals surface area contributed by atoms with Crippen LogP contribution in [0.25, 0.3) is 0 Å². The van der Waals surface area contributed by atoms with Gasteiger partial charge in [0, 0.05) is 36.7 Å². The number of allylic oxidation sites excluding steroid dienone is 1. The van der Waals surface area contributed by atoms with Crippen molar-refractivity contribution in [3.63, 3.8) is 0 Å². The van der Waals surface area contributed by atoms with Gasteiger partial charge in [-0.25, -0.2) is 4.98 Å². The Hall–Kier alpha value is -2.89. The van der Waals surface area contributed by atoms with Gasteiger partial charge in [0.25, 0.3) is 0 Å². The predicted octanol–water partition coefficient (Wildman–Crippen LogP) is 2.49. The molecule has 2 atom stereocenters. The minimum atomic E-state index is 0.248. The Labute approximate surface area is 136 Å². The van der Waals surface area contributed by atoms with Crippen molar-refractivity contribution < 1.29 is 0 Å². The quantitative estimate of drug-likeness (QED) is 0.504. The van der Waals surface area contributed by atoms with Crippen LogP contribution in [0, 0.1) is 5.92 Å². The van der Waals surface area contributed by atoms with Crippen molar-refractivity contribution in [2.24, 2.45) is 13.0 Å². The maximum absolute atomic E-state index is 5.72. The zero-order chi connectivity index (χ0) is 16.2. The first kappa shape index (κ1) is 15.0. The summed E-state index contributed by atoms with van der Waals surface area (Å²) in [6.45, 7) is 2.18. The van der Waals surface area contributed by atoms with E-state index in [0.717, 1.165) is 23.0 Å². The number of imidazole rings is 1. The average molecular weight is 310 g/mol. The Morgan fingerprint density at radius 2 is 1.96 bits per heavy atom. The number of nitrogens with one attached hydrogen (secondary N) is 3. The van der Waals surface area contributed by atoms with Crippen molar-refractivity contribution in [3.05, 3.63) is 60.6 Å². The smallest absolute Gasteiger partial charge is 0.221 e. The highest BCUT2D eigenvalue weighted by Crippen LogP contribution is 2.21. The topological polar surface area (TPSA) is 79.9 Å². The number of rotatable bonds is 5. The van der Waals surface area contributed by atoms with Gasteiger partial charge in [0.05, 0.1) is 11.7 Å². The number of nitrogens with two attached hydrogens (primary N) is 1. The molecule has 0 saturated heterocycles. The molecular weight excluding hydrogens is 288 g/mol. The van der Waals surface area contributed by atoms with Crippen LogP contribution >= 0.6 is 0 Å². The second kappa shape index (κ2) is 6.48. The fourth-order valence-electron chi connectivity index (χ4n) is 2.47. The molecule has 0 fully saturated rings. The molecule has 0 aliphatic heterocycles. The summed E-state index contributed by atoms with van der Waals surface area (Å²) in [5.41, 5.74) is 14.9. The molecule has 0 spiro atoms. The maximum Gasteiger partial charge on any atom is 0.221 e. The van der Waals surface area contributed by atoms with Gasteiger partial charge in [0.15, 0.2) is 0 Å². The molecule has 1 aromatic heterocycles. The lowest BCUT2D eigenvalue weighted by molar-refractivity contribution is 0.646. The Morgan fingerprint density at radius 3 is 2.61 bits per heavy atom. The number of aryl methyl sites for hydroxylation is 1. The highest BCUT2D eigenvalue weighted by molar-refractivity contribution is 5.52. The summed E-state index contributed by atoms with van der Waals surface area (Å²) >= 11 is 0. The summed E-state index contributed by atoms with van der Waals surface area (Å²) in [6, 6.07) is 8.04. The summed E-state index contributed by atoms with van der Waals surface area (Å²) in [5, 5.41) is 3.51. The number of anilines is 3. The third-order valence-electron chi connectivity index (χ3n) is 3.88. The van der Waals surface area contributed by atoms with E-state index in [1.807, 2.05) is 42.1 Å².